The van der Waals surface area contributed by atoms with Crippen molar-refractivity contribution in [1.82, 2.24) is 19.7 Å². The van der Waals surface area contributed by atoms with Crippen LogP contribution >= 0.6 is 0 Å². The molecule has 0 aliphatic carbocycles. The molecule has 1 N–H and O–H groups in total. The second kappa shape index (κ2) is 5.25. The number of hydrogen-bond donors (Lipinski definition) is 1. The highest BCUT2D eigenvalue weighted by molar-refractivity contribution is 5.75. The van der Waals surface area contributed by atoms with E-state index in [1.165, 1.54) is 0 Å². The molecule has 1 fully saturated rings. The molecule has 0 radical (unpaired) electrons. The molecule has 0 spiro atoms. The molecule has 3 aromatic rings. The monoisotopic (exact) mass is 306 g/mol. The molecule has 7 nitrogen and oxygen atoms in total. The molecular weight excluding hydrogens is 292 g/mol. The van der Waals surface area contributed by atoms with Crippen LogP contribution in [0, 0.1) is 11.3 Å². The number of H-pyrrole nitrogens is 1. The molecule has 23 heavy (non-hydrogen) atoms. The van der Waals surface area contributed by atoms with E-state index in [2.05, 4.69) is 26.0 Å². The third-order valence-corrected chi connectivity index (χ3v) is 4.05. The second-order valence-corrected chi connectivity index (χ2v) is 5.52. The number of nitrogens with zero attached hydrogens (tertiary/aromatic N) is 5. The van der Waals surface area contributed by atoms with Gasteiger partial charge in [0, 0.05) is 19.3 Å². The molecule has 1 aliphatic heterocycles. The first-order chi connectivity index (χ1) is 11.3. The molecule has 2 aromatic heterocycles. The van der Waals surface area contributed by atoms with Gasteiger partial charge in [0.15, 0.2) is 5.65 Å². The Bertz CT molecular complexity index is 974. The summed E-state index contributed by atoms with van der Waals surface area (Å²) >= 11 is 0. The van der Waals surface area contributed by atoms with Crippen LogP contribution in [0.1, 0.15) is 18.4 Å². The van der Waals surface area contributed by atoms with Crippen molar-refractivity contribution < 1.29 is 0 Å². The third kappa shape index (κ3) is 2.25. The molecule has 1 aliphatic rings. The quantitative estimate of drug-likeness (QED) is 0.776. The summed E-state index contributed by atoms with van der Waals surface area (Å²) < 4.78 is 1.54. The summed E-state index contributed by atoms with van der Waals surface area (Å²) in [5, 5.41) is 14.0. The van der Waals surface area contributed by atoms with E-state index in [1.807, 2.05) is 6.07 Å². The van der Waals surface area contributed by atoms with Gasteiger partial charge in [-0.1, -0.05) is 12.1 Å². The van der Waals surface area contributed by atoms with E-state index in [0.717, 1.165) is 25.9 Å². The summed E-state index contributed by atoms with van der Waals surface area (Å²) in [6, 6.07) is 9.27. The first-order valence-corrected chi connectivity index (χ1v) is 7.50. The smallest absolute Gasteiger partial charge is 0.263 e. The van der Waals surface area contributed by atoms with Gasteiger partial charge in [-0.3, -0.25) is 9.78 Å². The van der Waals surface area contributed by atoms with Gasteiger partial charge >= 0.3 is 0 Å². The van der Waals surface area contributed by atoms with Gasteiger partial charge in [-0.2, -0.15) is 10.2 Å². The van der Waals surface area contributed by atoms with Crippen molar-refractivity contribution in [1.29, 1.82) is 5.26 Å². The van der Waals surface area contributed by atoms with Crippen molar-refractivity contribution in [2.75, 3.05) is 18.0 Å². The van der Waals surface area contributed by atoms with Crippen LogP contribution in [-0.2, 0) is 0 Å². The number of fused-ring (bicyclic) bond motifs is 1. The van der Waals surface area contributed by atoms with Crippen molar-refractivity contribution in [3.05, 3.63) is 46.4 Å². The molecule has 114 valence electrons. The molecule has 7 heteroatoms. The van der Waals surface area contributed by atoms with Crippen LogP contribution in [0.15, 0.2) is 35.3 Å². The van der Waals surface area contributed by atoms with Gasteiger partial charge in [0.05, 0.1) is 11.3 Å². The van der Waals surface area contributed by atoms with E-state index in [4.69, 9.17) is 0 Å². The Morgan fingerprint density at radius 1 is 1.22 bits per heavy atom. The Labute approximate surface area is 131 Å². The number of nitrogens with one attached hydrogen (secondary N) is 1. The highest BCUT2D eigenvalue weighted by Gasteiger charge is 2.17. The normalized spacial score (nSPS) is 14.3. The lowest BCUT2D eigenvalue weighted by Gasteiger charge is -2.14. The average Bonchev–Trinajstić information content (AvgIpc) is 3.24. The van der Waals surface area contributed by atoms with Gasteiger partial charge in [-0.25, -0.2) is 4.68 Å². The lowest BCUT2D eigenvalue weighted by Crippen LogP contribution is -2.23. The van der Waals surface area contributed by atoms with Gasteiger partial charge in [0.2, 0.25) is 5.95 Å². The number of anilines is 1. The fraction of sp³-hybridized carbons (Fsp3) is 0.250. The van der Waals surface area contributed by atoms with Crippen LogP contribution in [-0.4, -0.2) is 32.8 Å². The van der Waals surface area contributed by atoms with Gasteiger partial charge in [-0.15, -0.1) is 5.10 Å². The van der Waals surface area contributed by atoms with Gasteiger partial charge < -0.3 is 4.90 Å². The maximum absolute atomic E-state index is 12.3. The molecule has 0 atom stereocenters. The minimum absolute atomic E-state index is 0.211. The van der Waals surface area contributed by atoms with Crippen LogP contribution < -0.4 is 10.5 Å². The fourth-order valence-corrected chi connectivity index (χ4v) is 2.87. The van der Waals surface area contributed by atoms with Gasteiger partial charge in [0.1, 0.15) is 11.5 Å². The number of nitriles is 1. The van der Waals surface area contributed by atoms with Gasteiger partial charge in [0.25, 0.3) is 5.56 Å². The topological polar surface area (TPSA) is 90.6 Å². The number of para-hydroxylation sites is 1. The summed E-state index contributed by atoms with van der Waals surface area (Å²) in [6.45, 7) is 1.79. The van der Waals surface area contributed by atoms with E-state index in [9.17, 15) is 10.1 Å². The van der Waals surface area contributed by atoms with Crippen molar-refractivity contribution in [2.45, 2.75) is 12.8 Å². The molecule has 0 bridgehead atoms. The molecule has 1 saturated heterocycles. The van der Waals surface area contributed by atoms with Crippen LogP contribution in [0.5, 0.6) is 0 Å². The summed E-state index contributed by atoms with van der Waals surface area (Å²) in [5.74, 6) is 0.568. The Morgan fingerprint density at radius 2 is 2.00 bits per heavy atom. The first kappa shape index (κ1) is 13.5. The van der Waals surface area contributed by atoms with Crippen LogP contribution in [0.4, 0.5) is 5.95 Å². The number of rotatable bonds is 2. The number of benzene rings is 1. The minimum atomic E-state index is -0.211. The zero-order chi connectivity index (χ0) is 15.8. The lowest BCUT2D eigenvalue weighted by atomic mass is 10.2. The highest BCUT2D eigenvalue weighted by atomic mass is 16.1. The van der Waals surface area contributed by atoms with Crippen molar-refractivity contribution in [2.24, 2.45) is 0 Å². The average molecular weight is 306 g/mol. The maximum Gasteiger partial charge on any atom is 0.263 e. The molecule has 4 rings (SSSR count). The minimum Gasteiger partial charge on any atom is -0.342 e. The van der Waals surface area contributed by atoms with Crippen molar-refractivity contribution in [3.8, 4) is 11.8 Å². The Hall–Kier alpha value is -3.14. The summed E-state index contributed by atoms with van der Waals surface area (Å²) in [5.41, 5.74) is 1.31. The number of aromatic amines is 1. The molecule has 0 amide bonds. The van der Waals surface area contributed by atoms with Gasteiger partial charge in [-0.05, 0) is 25.0 Å². The van der Waals surface area contributed by atoms with Crippen LogP contribution in [0.2, 0.25) is 0 Å². The first-order valence-electron chi connectivity index (χ1n) is 7.50. The standard InChI is InChI=1S/C16H14N6O/c17-9-11-5-1-2-6-13(11)22-10-12-14(20-22)18-16(19-15(12)23)21-7-3-4-8-21/h1-2,5-6,10H,3-4,7-8H2,(H,18,19,20,23). The fourth-order valence-electron chi connectivity index (χ4n) is 2.87. The van der Waals surface area contributed by atoms with Crippen LogP contribution in [0.3, 0.4) is 0 Å². The van der Waals surface area contributed by atoms with E-state index in [-0.39, 0.29) is 5.56 Å². The Morgan fingerprint density at radius 3 is 2.78 bits per heavy atom. The zero-order valence-electron chi connectivity index (χ0n) is 12.4. The predicted molar refractivity (Wildman–Crippen MR) is 85.6 cm³/mol. The van der Waals surface area contributed by atoms with Crippen molar-refractivity contribution in [3.63, 3.8) is 0 Å². The molecule has 1 aromatic carbocycles. The predicted octanol–water partition coefficient (Wildman–Crippen LogP) is 1.58. The lowest BCUT2D eigenvalue weighted by molar-refractivity contribution is 0.873. The Balaban J connectivity index is 1.86. The van der Waals surface area contributed by atoms with E-state index in [0.29, 0.717) is 28.2 Å². The number of aromatic nitrogens is 4. The van der Waals surface area contributed by atoms with E-state index >= 15 is 0 Å². The highest BCUT2D eigenvalue weighted by Crippen LogP contribution is 2.18. The molecule has 0 unspecified atom stereocenters. The summed E-state index contributed by atoms with van der Waals surface area (Å²) in [7, 11) is 0. The van der Waals surface area contributed by atoms with Crippen LogP contribution in [0.25, 0.3) is 16.7 Å². The summed E-state index contributed by atoms with van der Waals surface area (Å²) in [4.78, 5) is 21.7. The molecule has 0 saturated carbocycles. The van der Waals surface area contributed by atoms with E-state index in [1.54, 1.807) is 29.1 Å². The molecular formula is C16H14N6O. The summed E-state index contributed by atoms with van der Waals surface area (Å²) in [6.07, 6.45) is 3.82. The third-order valence-electron chi connectivity index (χ3n) is 4.05. The molecule has 3 heterocycles. The SMILES string of the molecule is N#Cc1ccccc1-n1cc2c(=O)[nH]c(N3CCCC3)nc2n1. The zero-order valence-corrected chi connectivity index (χ0v) is 12.4. The Kier molecular flexibility index (Phi) is 3.08. The van der Waals surface area contributed by atoms with E-state index < -0.39 is 0 Å². The largest absolute Gasteiger partial charge is 0.342 e. The number of hydrogen-bond acceptors (Lipinski definition) is 5. The van der Waals surface area contributed by atoms with Crippen molar-refractivity contribution >= 4 is 17.0 Å². The second-order valence-electron chi connectivity index (χ2n) is 5.52. The maximum atomic E-state index is 12.3.